The molecule has 3 heterocycles. The van der Waals surface area contributed by atoms with Crippen molar-refractivity contribution >= 4 is 5.91 Å². The van der Waals surface area contributed by atoms with Crippen LogP contribution in [0.2, 0.25) is 0 Å². The van der Waals surface area contributed by atoms with Gasteiger partial charge in [0.15, 0.2) is 0 Å². The zero-order valence-electron chi connectivity index (χ0n) is 14.8. The molecule has 2 aromatic heterocycles. The molecule has 1 N–H and O–H groups in total. The van der Waals surface area contributed by atoms with Crippen molar-refractivity contribution in [2.24, 2.45) is 7.05 Å². The maximum atomic E-state index is 12.4. The van der Waals surface area contributed by atoms with Gasteiger partial charge in [-0.3, -0.25) is 14.4 Å². The smallest absolute Gasteiger partial charge is 0.272 e. The minimum Gasteiger partial charge on any atom is -0.361 e. The summed E-state index contributed by atoms with van der Waals surface area (Å²) in [6.45, 7) is 8.53. The molecule has 0 aliphatic carbocycles. The molecule has 2 aromatic rings. The van der Waals surface area contributed by atoms with Crippen LogP contribution >= 0.6 is 0 Å². The number of rotatable bonds is 4. The van der Waals surface area contributed by atoms with E-state index >= 15 is 0 Å². The van der Waals surface area contributed by atoms with Crippen LogP contribution in [-0.4, -0.2) is 44.9 Å². The van der Waals surface area contributed by atoms with E-state index in [0.29, 0.717) is 5.69 Å². The molecular weight excluding hydrogens is 306 g/mol. The summed E-state index contributed by atoms with van der Waals surface area (Å²) in [5.74, 6) is 0.783. The lowest BCUT2D eigenvalue weighted by molar-refractivity contribution is 0.0894. The minimum atomic E-state index is -0.0945. The monoisotopic (exact) mass is 331 g/mol. The third kappa shape index (κ3) is 3.51. The number of hydrogen-bond donors (Lipinski definition) is 1. The first kappa shape index (κ1) is 16.7. The number of nitrogens with zero attached hydrogens (tertiary/aromatic N) is 4. The summed E-state index contributed by atoms with van der Waals surface area (Å²) in [7, 11) is 1.85. The van der Waals surface area contributed by atoms with E-state index in [-0.39, 0.29) is 11.9 Å². The summed E-state index contributed by atoms with van der Waals surface area (Å²) >= 11 is 0. The number of carbonyl (C=O) groups is 1. The van der Waals surface area contributed by atoms with E-state index < -0.39 is 0 Å². The number of amides is 1. The molecule has 3 rings (SSSR count). The normalized spacial score (nSPS) is 18.8. The summed E-state index contributed by atoms with van der Waals surface area (Å²) in [5.41, 5.74) is 3.56. The second-order valence-corrected chi connectivity index (χ2v) is 6.65. The lowest BCUT2D eigenvalue weighted by Crippen LogP contribution is -2.47. The predicted octanol–water partition coefficient (Wildman–Crippen LogP) is 1.73. The molecule has 7 nitrogen and oxygen atoms in total. The first-order valence-corrected chi connectivity index (χ1v) is 8.39. The first-order valence-electron chi connectivity index (χ1n) is 8.39. The minimum absolute atomic E-state index is 0.0945. The van der Waals surface area contributed by atoms with Gasteiger partial charge in [-0.05, 0) is 46.2 Å². The topological polar surface area (TPSA) is 76.2 Å². The maximum Gasteiger partial charge on any atom is 0.272 e. The Morgan fingerprint density at radius 2 is 2.21 bits per heavy atom. The van der Waals surface area contributed by atoms with Crippen molar-refractivity contribution in [1.29, 1.82) is 0 Å². The van der Waals surface area contributed by atoms with Crippen LogP contribution in [0.3, 0.4) is 0 Å². The molecule has 1 aliphatic heterocycles. The Hall–Kier alpha value is -2.15. The number of likely N-dealkylation sites (tertiary alicyclic amines) is 1. The van der Waals surface area contributed by atoms with Crippen molar-refractivity contribution < 1.29 is 9.32 Å². The van der Waals surface area contributed by atoms with Gasteiger partial charge in [-0.2, -0.15) is 5.10 Å². The highest BCUT2D eigenvalue weighted by Crippen LogP contribution is 2.19. The standard InChI is InChI=1S/C17H25N5O2/c1-11-8-16(19-21(11)4)17(23)18-14-6-5-7-22(9-14)10-15-12(2)20-24-13(15)3/h8,14H,5-7,9-10H2,1-4H3,(H,18,23). The van der Waals surface area contributed by atoms with Crippen molar-refractivity contribution in [3.63, 3.8) is 0 Å². The number of hydrogen-bond acceptors (Lipinski definition) is 5. The molecule has 130 valence electrons. The Labute approximate surface area is 142 Å². The number of aryl methyl sites for hydroxylation is 4. The third-order valence-electron chi connectivity index (χ3n) is 4.75. The summed E-state index contributed by atoms with van der Waals surface area (Å²) in [6.07, 6.45) is 2.06. The third-order valence-corrected chi connectivity index (χ3v) is 4.75. The van der Waals surface area contributed by atoms with Crippen molar-refractivity contribution in [1.82, 2.24) is 25.2 Å². The fourth-order valence-corrected chi connectivity index (χ4v) is 3.20. The molecule has 1 fully saturated rings. The van der Waals surface area contributed by atoms with Crippen molar-refractivity contribution in [2.75, 3.05) is 13.1 Å². The quantitative estimate of drug-likeness (QED) is 0.923. The van der Waals surface area contributed by atoms with Crippen LogP contribution in [-0.2, 0) is 13.6 Å². The van der Waals surface area contributed by atoms with Crippen molar-refractivity contribution in [2.45, 2.75) is 46.2 Å². The molecule has 1 aliphatic rings. The Kier molecular flexibility index (Phi) is 4.71. The van der Waals surface area contributed by atoms with Gasteiger partial charge in [-0.15, -0.1) is 0 Å². The molecule has 7 heteroatoms. The van der Waals surface area contributed by atoms with E-state index in [9.17, 15) is 4.79 Å². The van der Waals surface area contributed by atoms with Crippen LogP contribution in [0.15, 0.2) is 10.6 Å². The molecule has 0 bridgehead atoms. The lowest BCUT2D eigenvalue weighted by Gasteiger charge is -2.32. The highest BCUT2D eigenvalue weighted by atomic mass is 16.5. The zero-order valence-corrected chi connectivity index (χ0v) is 14.8. The van der Waals surface area contributed by atoms with E-state index in [1.807, 2.05) is 33.9 Å². The Morgan fingerprint density at radius 1 is 1.42 bits per heavy atom. The van der Waals surface area contributed by atoms with Gasteiger partial charge >= 0.3 is 0 Å². The van der Waals surface area contributed by atoms with Gasteiger partial charge < -0.3 is 9.84 Å². The summed E-state index contributed by atoms with van der Waals surface area (Å²) in [5, 5.41) is 11.4. The molecule has 0 spiro atoms. The van der Waals surface area contributed by atoms with Crippen LogP contribution in [0, 0.1) is 20.8 Å². The van der Waals surface area contributed by atoms with Crippen LogP contribution in [0.5, 0.6) is 0 Å². The fourth-order valence-electron chi connectivity index (χ4n) is 3.20. The van der Waals surface area contributed by atoms with E-state index in [0.717, 1.165) is 55.2 Å². The number of piperidine rings is 1. The number of carbonyl (C=O) groups excluding carboxylic acids is 1. The van der Waals surface area contributed by atoms with E-state index in [2.05, 4.69) is 20.5 Å². The molecular formula is C17H25N5O2. The van der Waals surface area contributed by atoms with Gasteiger partial charge in [0.2, 0.25) is 0 Å². The molecule has 1 atom stereocenters. The highest BCUT2D eigenvalue weighted by Gasteiger charge is 2.24. The molecule has 1 unspecified atom stereocenters. The van der Waals surface area contributed by atoms with Gasteiger partial charge in [0.1, 0.15) is 11.5 Å². The van der Waals surface area contributed by atoms with E-state index in [1.54, 1.807) is 4.68 Å². The Bertz CT molecular complexity index is 694. The average molecular weight is 331 g/mol. The average Bonchev–Trinajstić information content (AvgIpc) is 3.04. The van der Waals surface area contributed by atoms with Crippen LogP contribution < -0.4 is 5.32 Å². The van der Waals surface area contributed by atoms with Gasteiger partial charge in [0.05, 0.1) is 5.69 Å². The first-order chi connectivity index (χ1) is 11.4. The highest BCUT2D eigenvalue weighted by molar-refractivity contribution is 5.92. The Morgan fingerprint density at radius 3 is 2.83 bits per heavy atom. The van der Waals surface area contributed by atoms with Crippen molar-refractivity contribution in [3.05, 3.63) is 34.5 Å². The van der Waals surface area contributed by atoms with Crippen LogP contribution in [0.4, 0.5) is 0 Å². The second kappa shape index (κ2) is 6.76. The summed E-state index contributed by atoms with van der Waals surface area (Å²) < 4.78 is 6.96. The summed E-state index contributed by atoms with van der Waals surface area (Å²) in [6, 6.07) is 1.97. The SMILES string of the molecule is Cc1noc(C)c1CN1CCCC(NC(=O)c2cc(C)n(C)n2)C1. The van der Waals surface area contributed by atoms with Crippen LogP contribution in [0.1, 0.15) is 46.0 Å². The number of nitrogens with one attached hydrogen (secondary N) is 1. The molecule has 0 saturated carbocycles. The summed E-state index contributed by atoms with van der Waals surface area (Å²) in [4.78, 5) is 14.7. The molecule has 0 aromatic carbocycles. The van der Waals surface area contributed by atoms with Gasteiger partial charge in [0, 0.05) is 37.4 Å². The largest absolute Gasteiger partial charge is 0.361 e. The zero-order chi connectivity index (χ0) is 17.3. The van der Waals surface area contributed by atoms with E-state index in [4.69, 9.17) is 4.52 Å². The maximum absolute atomic E-state index is 12.4. The van der Waals surface area contributed by atoms with Gasteiger partial charge in [-0.25, -0.2) is 0 Å². The molecule has 24 heavy (non-hydrogen) atoms. The second-order valence-electron chi connectivity index (χ2n) is 6.65. The van der Waals surface area contributed by atoms with Gasteiger partial charge in [0.25, 0.3) is 5.91 Å². The fraction of sp³-hybridized carbons (Fsp3) is 0.588. The van der Waals surface area contributed by atoms with E-state index in [1.165, 1.54) is 0 Å². The number of aromatic nitrogens is 3. The molecule has 1 amide bonds. The molecule has 1 saturated heterocycles. The molecule has 0 radical (unpaired) electrons. The van der Waals surface area contributed by atoms with Crippen LogP contribution in [0.25, 0.3) is 0 Å². The van der Waals surface area contributed by atoms with Crippen molar-refractivity contribution in [3.8, 4) is 0 Å². The predicted molar refractivity (Wildman–Crippen MR) is 89.7 cm³/mol. The Balaban J connectivity index is 1.60. The van der Waals surface area contributed by atoms with Gasteiger partial charge in [-0.1, -0.05) is 5.16 Å². The lowest BCUT2D eigenvalue weighted by atomic mass is 10.0.